The van der Waals surface area contributed by atoms with Gasteiger partial charge in [0.1, 0.15) is 16.5 Å². The van der Waals surface area contributed by atoms with Crippen LogP contribution in [0.1, 0.15) is 21.0 Å². The van der Waals surface area contributed by atoms with Crippen molar-refractivity contribution in [3.63, 3.8) is 0 Å². The Bertz CT molecular complexity index is 1080. The van der Waals surface area contributed by atoms with E-state index in [1.807, 2.05) is 20.8 Å². The molecule has 0 amide bonds. The maximum absolute atomic E-state index is 12.9. The summed E-state index contributed by atoms with van der Waals surface area (Å²) in [5.74, 6) is 1.23. The van der Waals surface area contributed by atoms with Gasteiger partial charge in [-0.1, -0.05) is 0 Å². The molecule has 28 heavy (non-hydrogen) atoms. The highest BCUT2D eigenvalue weighted by molar-refractivity contribution is 7.89. The molecule has 0 bridgehead atoms. The maximum Gasteiger partial charge on any atom is 0.241 e. The van der Waals surface area contributed by atoms with Crippen LogP contribution in [0.15, 0.2) is 29.2 Å². The van der Waals surface area contributed by atoms with Crippen LogP contribution >= 0.6 is 22.7 Å². The van der Waals surface area contributed by atoms with Crippen molar-refractivity contribution >= 4 is 32.7 Å². The normalized spacial score (nSPS) is 11.6. The second kappa shape index (κ2) is 8.20. The Balaban J connectivity index is 1.86. The Labute approximate surface area is 173 Å². The minimum absolute atomic E-state index is 0.1000. The van der Waals surface area contributed by atoms with Gasteiger partial charge in [-0.25, -0.2) is 18.1 Å². The number of nitrogens with one attached hydrogen (secondary N) is 1. The van der Waals surface area contributed by atoms with Crippen LogP contribution in [0.4, 0.5) is 0 Å². The first-order valence-corrected chi connectivity index (χ1v) is 11.6. The third-order valence-corrected chi connectivity index (χ3v) is 8.29. The number of rotatable bonds is 7. The second-order valence-electron chi connectivity index (χ2n) is 6.19. The summed E-state index contributed by atoms with van der Waals surface area (Å²) in [7, 11) is -0.571. The van der Waals surface area contributed by atoms with E-state index >= 15 is 0 Å². The average molecular weight is 439 g/mol. The van der Waals surface area contributed by atoms with Crippen molar-refractivity contribution in [2.45, 2.75) is 32.2 Å². The Hall–Kier alpha value is -1.94. The zero-order valence-corrected chi connectivity index (χ0v) is 18.8. The molecule has 0 radical (unpaired) electrons. The molecule has 0 spiro atoms. The van der Waals surface area contributed by atoms with Crippen LogP contribution < -0.4 is 14.2 Å². The van der Waals surface area contributed by atoms with Gasteiger partial charge in [0, 0.05) is 21.9 Å². The van der Waals surface area contributed by atoms with Crippen molar-refractivity contribution in [3.05, 3.63) is 45.3 Å². The van der Waals surface area contributed by atoms with Gasteiger partial charge in [-0.3, -0.25) is 0 Å². The SMILES string of the molecule is COc1ccc(OC)c(CNS(=O)(=O)c2cc(-c3nc(C)c(C)s3)sc2C)c1. The van der Waals surface area contributed by atoms with Gasteiger partial charge in [-0.15, -0.1) is 22.7 Å². The summed E-state index contributed by atoms with van der Waals surface area (Å²) in [6.07, 6.45) is 0. The van der Waals surface area contributed by atoms with Gasteiger partial charge in [0.05, 0.1) is 29.7 Å². The van der Waals surface area contributed by atoms with Crippen LogP contribution in [0.5, 0.6) is 11.5 Å². The minimum atomic E-state index is -3.68. The van der Waals surface area contributed by atoms with E-state index in [0.717, 1.165) is 25.3 Å². The summed E-state index contributed by atoms with van der Waals surface area (Å²) >= 11 is 3.01. The smallest absolute Gasteiger partial charge is 0.241 e. The topological polar surface area (TPSA) is 77.5 Å². The van der Waals surface area contributed by atoms with Crippen molar-refractivity contribution < 1.29 is 17.9 Å². The Kier molecular flexibility index (Phi) is 6.09. The first kappa shape index (κ1) is 20.8. The molecule has 0 saturated carbocycles. The fourth-order valence-electron chi connectivity index (χ4n) is 2.69. The Morgan fingerprint density at radius 3 is 2.39 bits per heavy atom. The van der Waals surface area contributed by atoms with Crippen molar-refractivity contribution in [1.82, 2.24) is 9.71 Å². The molecule has 2 aromatic heterocycles. The van der Waals surface area contributed by atoms with Gasteiger partial charge in [-0.05, 0) is 45.0 Å². The summed E-state index contributed by atoms with van der Waals surface area (Å²) in [5.41, 5.74) is 1.67. The lowest BCUT2D eigenvalue weighted by Crippen LogP contribution is -2.23. The molecular formula is C19H22N2O4S3. The van der Waals surface area contributed by atoms with Crippen molar-refractivity contribution in [3.8, 4) is 21.4 Å². The quantitative estimate of drug-likeness (QED) is 0.595. The summed E-state index contributed by atoms with van der Waals surface area (Å²) < 4.78 is 39.0. The van der Waals surface area contributed by atoms with Crippen LogP contribution in [0.2, 0.25) is 0 Å². The van der Waals surface area contributed by atoms with Crippen LogP contribution in [0, 0.1) is 20.8 Å². The molecule has 1 N–H and O–H groups in total. The molecule has 2 heterocycles. The van der Waals surface area contributed by atoms with Crippen LogP contribution in [-0.2, 0) is 16.6 Å². The van der Waals surface area contributed by atoms with E-state index in [-0.39, 0.29) is 11.4 Å². The average Bonchev–Trinajstić information content (AvgIpc) is 3.22. The van der Waals surface area contributed by atoms with Crippen LogP contribution in [-0.4, -0.2) is 27.6 Å². The molecule has 0 atom stereocenters. The summed E-state index contributed by atoms with van der Waals surface area (Å²) in [5, 5.41) is 0.846. The highest BCUT2D eigenvalue weighted by Gasteiger charge is 2.22. The van der Waals surface area contributed by atoms with Crippen molar-refractivity contribution in [2.24, 2.45) is 0 Å². The number of methoxy groups -OCH3 is 2. The minimum Gasteiger partial charge on any atom is -0.497 e. The number of aryl methyl sites for hydroxylation is 3. The molecule has 9 heteroatoms. The number of nitrogens with zero attached hydrogens (tertiary/aromatic N) is 1. The maximum atomic E-state index is 12.9. The molecule has 0 aliphatic heterocycles. The van der Waals surface area contributed by atoms with E-state index < -0.39 is 10.0 Å². The lowest BCUT2D eigenvalue weighted by molar-refractivity contribution is 0.398. The van der Waals surface area contributed by atoms with Gasteiger partial charge < -0.3 is 9.47 Å². The summed E-state index contributed by atoms with van der Waals surface area (Å²) in [6, 6.07) is 6.98. The second-order valence-corrected chi connectivity index (χ2v) is 10.4. The standard InChI is InChI=1S/C19H22N2O4S3/c1-11-12(2)27-19(21-11)17-9-18(13(3)26-17)28(22,23)20-10-14-8-15(24-4)6-7-16(14)25-5/h6-9,20H,10H2,1-5H3. The largest absolute Gasteiger partial charge is 0.497 e. The fraction of sp³-hybridized carbons (Fsp3) is 0.316. The Morgan fingerprint density at radius 2 is 1.79 bits per heavy atom. The molecule has 150 valence electrons. The molecule has 0 aliphatic rings. The highest BCUT2D eigenvalue weighted by atomic mass is 32.2. The molecular weight excluding hydrogens is 416 g/mol. The number of hydrogen-bond donors (Lipinski definition) is 1. The van der Waals surface area contributed by atoms with Crippen molar-refractivity contribution in [1.29, 1.82) is 0 Å². The van der Waals surface area contributed by atoms with Crippen LogP contribution in [0.3, 0.4) is 0 Å². The fourth-order valence-corrected chi connectivity index (χ4v) is 6.24. The number of thiazole rings is 1. The lowest BCUT2D eigenvalue weighted by Gasteiger charge is -2.11. The van der Waals surface area contributed by atoms with Gasteiger partial charge >= 0.3 is 0 Å². The summed E-state index contributed by atoms with van der Waals surface area (Å²) in [4.78, 5) is 7.53. The van der Waals surface area contributed by atoms with Gasteiger partial charge in [0.15, 0.2) is 0 Å². The van der Waals surface area contributed by atoms with E-state index in [1.165, 1.54) is 11.3 Å². The van der Waals surface area contributed by atoms with E-state index in [9.17, 15) is 8.42 Å². The third kappa shape index (κ3) is 4.22. The number of aromatic nitrogens is 1. The number of ether oxygens (including phenoxy) is 2. The molecule has 3 aromatic rings. The van der Waals surface area contributed by atoms with Crippen molar-refractivity contribution in [2.75, 3.05) is 14.2 Å². The van der Waals surface area contributed by atoms with E-state index in [4.69, 9.17) is 9.47 Å². The first-order valence-electron chi connectivity index (χ1n) is 8.50. The van der Waals surface area contributed by atoms with E-state index in [1.54, 1.807) is 49.8 Å². The highest BCUT2D eigenvalue weighted by Crippen LogP contribution is 2.36. The number of hydrogen-bond acceptors (Lipinski definition) is 7. The predicted molar refractivity (Wildman–Crippen MR) is 113 cm³/mol. The van der Waals surface area contributed by atoms with Crippen LogP contribution in [0.25, 0.3) is 9.88 Å². The molecule has 0 aliphatic carbocycles. The zero-order chi connectivity index (χ0) is 20.5. The van der Waals surface area contributed by atoms with Gasteiger partial charge in [0.2, 0.25) is 10.0 Å². The summed E-state index contributed by atoms with van der Waals surface area (Å²) in [6.45, 7) is 5.87. The van der Waals surface area contributed by atoms with Gasteiger partial charge in [-0.2, -0.15) is 0 Å². The molecule has 0 saturated heterocycles. The molecule has 0 unspecified atom stereocenters. The van der Waals surface area contributed by atoms with E-state index in [2.05, 4.69) is 9.71 Å². The molecule has 6 nitrogen and oxygen atoms in total. The molecule has 1 aromatic carbocycles. The predicted octanol–water partition coefficient (Wildman–Crippen LogP) is 4.29. The number of sulfonamides is 1. The molecule has 0 fully saturated rings. The molecule has 3 rings (SSSR count). The van der Waals surface area contributed by atoms with E-state index in [0.29, 0.717) is 17.1 Å². The first-order chi connectivity index (χ1) is 13.2. The lowest BCUT2D eigenvalue weighted by atomic mass is 10.2. The zero-order valence-electron chi connectivity index (χ0n) is 16.3. The van der Waals surface area contributed by atoms with Gasteiger partial charge in [0.25, 0.3) is 0 Å². The number of thiophene rings is 1. The number of benzene rings is 1. The monoisotopic (exact) mass is 438 g/mol. The third-order valence-electron chi connectivity index (χ3n) is 4.34. The Morgan fingerprint density at radius 1 is 1.04 bits per heavy atom.